The Kier molecular flexibility index (Phi) is 6.44. The summed E-state index contributed by atoms with van der Waals surface area (Å²) in [7, 11) is 0. The molecule has 1 aromatic carbocycles. The highest BCUT2D eigenvalue weighted by Crippen LogP contribution is 2.34. The van der Waals surface area contributed by atoms with Crippen molar-refractivity contribution in [1.29, 1.82) is 0 Å². The van der Waals surface area contributed by atoms with E-state index in [1.807, 2.05) is 36.9 Å². The maximum absolute atomic E-state index is 5.82. The highest BCUT2D eigenvalue weighted by atomic mass is 16.5. The molecule has 0 aliphatic heterocycles. The Bertz CT molecular complexity index is 610. The average Bonchev–Trinajstić information content (AvgIpc) is 3.02. The van der Waals surface area contributed by atoms with Gasteiger partial charge in [-0.15, -0.1) is 5.10 Å². The first-order valence-corrected chi connectivity index (χ1v) is 8.50. The van der Waals surface area contributed by atoms with Crippen molar-refractivity contribution in [3.8, 4) is 11.5 Å². The van der Waals surface area contributed by atoms with Crippen molar-refractivity contribution in [2.24, 2.45) is 0 Å². The van der Waals surface area contributed by atoms with Gasteiger partial charge in [-0.05, 0) is 51.3 Å². The van der Waals surface area contributed by atoms with Gasteiger partial charge in [0.1, 0.15) is 11.5 Å². The van der Waals surface area contributed by atoms with Crippen LogP contribution in [-0.4, -0.2) is 28.2 Å². The third kappa shape index (κ3) is 4.47. The van der Waals surface area contributed by atoms with Crippen LogP contribution in [0.3, 0.4) is 0 Å². The first-order chi connectivity index (χ1) is 11.2. The summed E-state index contributed by atoms with van der Waals surface area (Å²) in [5, 5.41) is 8.41. The van der Waals surface area contributed by atoms with Gasteiger partial charge in [-0.2, -0.15) is 0 Å². The predicted molar refractivity (Wildman–Crippen MR) is 91.2 cm³/mol. The molecule has 1 unspecified atom stereocenters. The predicted octanol–water partition coefficient (Wildman–Crippen LogP) is 3.83. The Labute approximate surface area is 138 Å². The number of hydrogen-bond donors (Lipinski definition) is 0. The Morgan fingerprint density at radius 3 is 2.48 bits per heavy atom. The molecule has 0 aliphatic rings. The van der Waals surface area contributed by atoms with Crippen molar-refractivity contribution in [3.63, 3.8) is 0 Å². The molecule has 0 bridgehead atoms. The minimum atomic E-state index is 0.332. The molecule has 0 radical (unpaired) electrons. The van der Waals surface area contributed by atoms with E-state index in [4.69, 9.17) is 9.47 Å². The fraction of sp³-hybridized carbons (Fsp3) is 0.556. The second kappa shape index (κ2) is 8.56. The van der Waals surface area contributed by atoms with Crippen LogP contribution in [0, 0.1) is 0 Å². The first-order valence-electron chi connectivity index (χ1n) is 8.50. The molecule has 0 saturated heterocycles. The van der Waals surface area contributed by atoms with Gasteiger partial charge < -0.3 is 9.47 Å². The Morgan fingerprint density at radius 1 is 1.09 bits per heavy atom. The highest BCUT2D eigenvalue weighted by Gasteiger charge is 2.18. The number of aromatic nitrogens is 3. The molecule has 2 aromatic rings. The van der Waals surface area contributed by atoms with E-state index in [-0.39, 0.29) is 0 Å². The number of rotatable bonds is 9. The summed E-state index contributed by atoms with van der Waals surface area (Å²) >= 11 is 0. The average molecular weight is 317 g/mol. The number of aryl methyl sites for hydroxylation is 1. The monoisotopic (exact) mass is 317 g/mol. The molecule has 0 N–H and O–H groups in total. The van der Waals surface area contributed by atoms with Crippen LogP contribution in [-0.2, 0) is 13.0 Å². The van der Waals surface area contributed by atoms with Crippen molar-refractivity contribution in [2.75, 3.05) is 13.2 Å². The molecule has 2 rings (SSSR count). The van der Waals surface area contributed by atoms with Gasteiger partial charge in [0.05, 0.1) is 18.9 Å². The molecule has 126 valence electrons. The van der Waals surface area contributed by atoms with E-state index >= 15 is 0 Å². The maximum atomic E-state index is 5.82. The molecule has 0 fully saturated rings. The van der Waals surface area contributed by atoms with E-state index in [1.165, 1.54) is 5.56 Å². The zero-order valence-electron chi connectivity index (χ0n) is 14.6. The van der Waals surface area contributed by atoms with Gasteiger partial charge >= 0.3 is 0 Å². The molecular weight excluding hydrogens is 290 g/mol. The largest absolute Gasteiger partial charge is 0.494 e. The lowest BCUT2D eigenvalue weighted by Gasteiger charge is -2.19. The summed E-state index contributed by atoms with van der Waals surface area (Å²) in [6.45, 7) is 10.4. The topological polar surface area (TPSA) is 49.2 Å². The van der Waals surface area contributed by atoms with Gasteiger partial charge in [0, 0.05) is 24.7 Å². The third-order valence-corrected chi connectivity index (χ3v) is 3.89. The summed E-state index contributed by atoms with van der Waals surface area (Å²) in [6.07, 6.45) is 3.89. The van der Waals surface area contributed by atoms with Crippen LogP contribution in [0.1, 0.15) is 51.3 Å². The molecule has 1 aromatic heterocycles. The molecule has 0 spiro atoms. The first kappa shape index (κ1) is 17.3. The quantitative estimate of drug-likeness (QED) is 0.705. The summed E-state index contributed by atoms with van der Waals surface area (Å²) in [5.41, 5.74) is 2.20. The zero-order chi connectivity index (χ0) is 16.7. The SMILES string of the molecule is CCOc1ccc(OCC)c(C(CC)Cc2cn(CC)nn2)c1. The van der Waals surface area contributed by atoms with Crippen molar-refractivity contribution in [1.82, 2.24) is 15.0 Å². The lowest BCUT2D eigenvalue weighted by atomic mass is 9.91. The molecule has 5 heteroatoms. The second-order valence-corrected chi connectivity index (χ2v) is 5.44. The van der Waals surface area contributed by atoms with E-state index in [1.54, 1.807) is 0 Å². The number of ether oxygens (including phenoxy) is 2. The molecule has 0 saturated carbocycles. The van der Waals surface area contributed by atoms with E-state index in [0.717, 1.165) is 36.6 Å². The fourth-order valence-corrected chi connectivity index (χ4v) is 2.70. The zero-order valence-corrected chi connectivity index (χ0v) is 14.6. The number of benzene rings is 1. The Hall–Kier alpha value is -2.04. The standard InChI is InChI=1S/C18H27N3O2/c1-5-14(11-15-13-21(6-2)20-19-15)17-12-16(22-7-3)9-10-18(17)23-8-4/h9-10,12-14H,5-8,11H2,1-4H3. The lowest BCUT2D eigenvalue weighted by molar-refractivity contribution is 0.324. The van der Waals surface area contributed by atoms with Gasteiger partial charge in [0.15, 0.2) is 0 Å². The van der Waals surface area contributed by atoms with Crippen LogP contribution >= 0.6 is 0 Å². The van der Waals surface area contributed by atoms with Crippen molar-refractivity contribution in [3.05, 3.63) is 35.7 Å². The van der Waals surface area contributed by atoms with Crippen LogP contribution in [0.15, 0.2) is 24.4 Å². The summed E-state index contributed by atoms with van der Waals surface area (Å²) < 4.78 is 13.3. The van der Waals surface area contributed by atoms with Gasteiger partial charge in [-0.1, -0.05) is 12.1 Å². The van der Waals surface area contributed by atoms with Crippen molar-refractivity contribution >= 4 is 0 Å². The molecule has 1 atom stereocenters. The second-order valence-electron chi connectivity index (χ2n) is 5.44. The van der Waals surface area contributed by atoms with Crippen LogP contribution in [0.25, 0.3) is 0 Å². The summed E-state index contributed by atoms with van der Waals surface area (Å²) in [5.74, 6) is 2.16. The third-order valence-electron chi connectivity index (χ3n) is 3.89. The van der Waals surface area contributed by atoms with Gasteiger partial charge in [0.25, 0.3) is 0 Å². The summed E-state index contributed by atoms with van der Waals surface area (Å²) in [6, 6.07) is 6.08. The van der Waals surface area contributed by atoms with Gasteiger partial charge in [0.2, 0.25) is 0 Å². The van der Waals surface area contributed by atoms with Crippen LogP contribution in [0.2, 0.25) is 0 Å². The van der Waals surface area contributed by atoms with E-state index in [9.17, 15) is 0 Å². The number of hydrogen-bond acceptors (Lipinski definition) is 4. The normalized spacial score (nSPS) is 12.2. The minimum absolute atomic E-state index is 0.332. The van der Waals surface area contributed by atoms with E-state index in [0.29, 0.717) is 19.1 Å². The van der Waals surface area contributed by atoms with Crippen molar-refractivity contribution in [2.45, 2.75) is 53.0 Å². The van der Waals surface area contributed by atoms with Crippen LogP contribution in [0.4, 0.5) is 0 Å². The van der Waals surface area contributed by atoms with E-state index < -0.39 is 0 Å². The lowest BCUT2D eigenvalue weighted by Crippen LogP contribution is -2.07. The highest BCUT2D eigenvalue weighted by molar-refractivity contribution is 5.43. The molecule has 23 heavy (non-hydrogen) atoms. The maximum Gasteiger partial charge on any atom is 0.123 e. The number of nitrogens with zero attached hydrogens (tertiary/aromatic N) is 3. The van der Waals surface area contributed by atoms with Gasteiger partial charge in [-0.3, -0.25) is 4.68 Å². The molecule has 0 aliphatic carbocycles. The molecule has 1 heterocycles. The smallest absolute Gasteiger partial charge is 0.123 e. The summed E-state index contributed by atoms with van der Waals surface area (Å²) in [4.78, 5) is 0. The fourth-order valence-electron chi connectivity index (χ4n) is 2.70. The Morgan fingerprint density at radius 2 is 1.87 bits per heavy atom. The molecule has 5 nitrogen and oxygen atoms in total. The van der Waals surface area contributed by atoms with Crippen LogP contribution in [0.5, 0.6) is 11.5 Å². The van der Waals surface area contributed by atoms with Gasteiger partial charge in [-0.25, -0.2) is 0 Å². The van der Waals surface area contributed by atoms with E-state index in [2.05, 4.69) is 30.2 Å². The molecule has 0 amide bonds. The molecular formula is C18H27N3O2. The van der Waals surface area contributed by atoms with Crippen molar-refractivity contribution < 1.29 is 9.47 Å². The Balaban J connectivity index is 2.27. The van der Waals surface area contributed by atoms with Crippen LogP contribution < -0.4 is 9.47 Å². The minimum Gasteiger partial charge on any atom is -0.494 e.